The van der Waals surface area contributed by atoms with E-state index in [2.05, 4.69) is 49.5 Å². The normalized spacial score (nSPS) is 23.7. The molecule has 1 aromatic carbocycles. The maximum atomic E-state index is 5.16. The molecule has 3 heteroatoms. The van der Waals surface area contributed by atoms with Gasteiger partial charge < -0.3 is 10.1 Å². The van der Waals surface area contributed by atoms with Gasteiger partial charge in [-0.2, -0.15) is 0 Å². The average Bonchev–Trinajstić information content (AvgIpc) is 2.83. The quantitative estimate of drug-likeness (QED) is 0.826. The lowest BCUT2D eigenvalue weighted by molar-refractivity contribution is 0.243. The molecule has 0 saturated carbocycles. The Bertz CT molecular complexity index is 451. The van der Waals surface area contributed by atoms with Crippen LogP contribution in [0.3, 0.4) is 0 Å². The van der Waals surface area contributed by atoms with E-state index in [-0.39, 0.29) is 12.1 Å². The molecule has 1 heterocycles. The van der Waals surface area contributed by atoms with Gasteiger partial charge in [0.2, 0.25) is 0 Å². The molecule has 1 N–H and O–H groups in total. The summed E-state index contributed by atoms with van der Waals surface area (Å²) in [7, 11) is 1.69. The van der Waals surface area contributed by atoms with Gasteiger partial charge in [-0.25, -0.2) is 0 Å². The van der Waals surface area contributed by atoms with E-state index in [1.54, 1.807) is 7.11 Å². The lowest BCUT2D eigenvalue weighted by atomic mass is 9.95. The molecule has 96 valence electrons. The average molecular weight is 244 g/mol. The number of nitrogens with zero attached hydrogens (tertiary/aromatic N) is 1. The molecule has 18 heavy (non-hydrogen) atoms. The van der Waals surface area contributed by atoms with Crippen LogP contribution in [0.1, 0.15) is 25.5 Å². The first-order valence-corrected chi connectivity index (χ1v) is 6.26. The Morgan fingerprint density at radius 2 is 2.11 bits per heavy atom. The Morgan fingerprint density at radius 3 is 2.72 bits per heavy atom. The molecule has 0 amide bonds. The molecule has 2 atom stereocenters. The second-order valence-corrected chi connectivity index (χ2v) is 4.52. The van der Waals surface area contributed by atoms with Crippen LogP contribution in [-0.2, 0) is 4.74 Å². The smallest absolute Gasteiger partial charge is 0.124 e. The summed E-state index contributed by atoms with van der Waals surface area (Å²) in [6.07, 6.45) is 2.14. The maximum Gasteiger partial charge on any atom is 0.124 e. The molecule has 0 unspecified atom stereocenters. The van der Waals surface area contributed by atoms with E-state index in [1.165, 1.54) is 11.1 Å². The molecule has 0 bridgehead atoms. The second-order valence-electron chi connectivity index (χ2n) is 4.52. The maximum absolute atomic E-state index is 5.16. The first kappa shape index (κ1) is 12.8. The summed E-state index contributed by atoms with van der Waals surface area (Å²) in [4.78, 5) is 4.74. The largest absolute Gasteiger partial charge is 0.377 e. The summed E-state index contributed by atoms with van der Waals surface area (Å²) < 4.78 is 5.16. The number of amidine groups is 1. The summed E-state index contributed by atoms with van der Waals surface area (Å²) in [5, 5.41) is 3.45. The molecule has 0 aromatic heterocycles. The highest BCUT2D eigenvalue weighted by Gasteiger charge is 2.30. The number of hydrogen-bond acceptors (Lipinski definition) is 3. The lowest BCUT2D eigenvalue weighted by Gasteiger charge is -2.19. The van der Waals surface area contributed by atoms with E-state index in [0.29, 0.717) is 6.61 Å². The zero-order valence-electron chi connectivity index (χ0n) is 11.2. The van der Waals surface area contributed by atoms with Gasteiger partial charge >= 0.3 is 0 Å². The van der Waals surface area contributed by atoms with Gasteiger partial charge in [0, 0.05) is 7.11 Å². The van der Waals surface area contributed by atoms with E-state index in [0.717, 1.165) is 5.84 Å². The fourth-order valence-electron chi connectivity index (χ4n) is 2.21. The van der Waals surface area contributed by atoms with Crippen molar-refractivity contribution < 1.29 is 4.74 Å². The Balaban J connectivity index is 2.28. The van der Waals surface area contributed by atoms with Crippen LogP contribution in [-0.4, -0.2) is 25.6 Å². The Kier molecular flexibility index (Phi) is 4.15. The van der Waals surface area contributed by atoms with Gasteiger partial charge in [0.05, 0.1) is 6.04 Å². The van der Waals surface area contributed by atoms with Gasteiger partial charge in [-0.15, -0.1) is 0 Å². The monoisotopic (exact) mass is 244 g/mol. The van der Waals surface area contributed by atoms with Crippen LogP contribution in [0.15, 0.2) is 47.0 Å². The molecule has 0 spiro atoms. The van der Waals surface area contributed by atoms with Gasteiger partial charge in [-0.3, -0.25) is 4.99 Å². The summed E-state index contributed by atoms with van der Waals surface area (Å²) >= 11 is 0. The summed E-state index contributed by atoms with van der Waals surface area (Å²) in [5.41, 5.74) is 2.54. The minimum Gasteiger partial charge on any atom is -0.377 e. The van der Waals surface area contributed by atoms with E-state index in [9.17, 15) is 0 Å². The number of hydrogen-bond donors (Lipinski definition) is 1. The molecule has 0 saturated heterocycles. The minimum atomic E-state index is 0.146. The molecule has 0 radical (unpaired) electrons. The molecule has 0 fully saturated rings. The van der Waals surface area contributed by atoms with Crippen LogP contribution in [0.4, 0.5) is 0 Å². The van der Waals surface area contributed by atoms with Crippen LogP contribution < -0.4 is 5.32 Å². The zero-order chi connectivity index (χ0) is 13.0. The van der Waals surface area contributed by atoms with Gasteiger partial charge in [0.1, 0.15) is 18.5 Å². The van der Waals surface area contributed by atoms with Crippen molar-refractivity contribution in [2.75, 3.05) is 13.7 Å². The third-order valence-electron chi connectivity index (χ3n) is 3.30. The van der Waals surface area contributed by atoms with Gasteiger partial charge in [0.15, 0.2) is 0 Å². The predicted molar refractivity (Wildman–Crippen MR) is 74.8 cm³/mol. The van der Waals surface area contributed by atoms with Crippen molar-refractivity contribution >= 4 is 5.84 Å². The van der Waals surface area contributed by atoms with E-state index in [1.807, 2.05) is 6.07 Å². The number of rotatable bonds is 4. The molecule has 1 aliphatic rings. The third kappa shape index (κ3) is 2.62. The fraction of sp³-hybridized carbons (Fsp3) is 0.400. The summed E-state index contributed by atoms with van der Waals surface area (Å²) in [6.45, 7) is 4.74. The topological polar surface area (TPSA) is 33.6 Å². The first-order valence-electron chi connectivity index (χ1n) is 6.26. The summed E-state index contributed by atoms with van der Waals surface area (Å²) in [6, 6.07) is 10.8. The highest BCUT2D eigenvalue weighted by atomic mass is 16.5. The molecule has 1 aromatic rings. The van der Waals surface area contributed by atoms with Gasteiger partial charge in [0.25, 0.3) is 0 Å². The standard InChI is InChI=1S/C15H20N2O/c1-4-11(2)14-15(12-8-6-5-7-9-12)17-13(16-14)10-18-3/h4-9,14-15H,10H2,1-3H3,(H,16,17)/b11-4+/t14-,15+/m1/s1. The number of benzene rings is 1. The van der Waals surface area contributed by atoms with Crippen molar-refractivity contribution in [3.8, 4) is 0 Å². The van der Waals surface area contributed by atoms with Gasteiger partial charge in [-0.05, 0) is 19.4 Å². The molecule has 1 aliphatic heterocycles. The number of methoxy groups -OCH3 is 1. The van der Waals surface area contributed by atoms with Gasteiger partial charge in [-0.1, -0.05) is 42.0 Å². The van der Waals surface area contributed by atoms with E-state index < -0.39 is 0 Å². The molecular weight excluding hydrogens is 224 g/mol. The third-order valence-corrected chi connectivity index (χ3v) is 3.30. The highest BCUT2D eigenvalue weighted by molar-refractivity contribution is 5.86. The van der Waals surface area contributed by atoms with Crippen molar-refractivity contribution in [1.82, 2.24) is 5.32 Å². The number of allylic oxidation sites excluding steroid dienone is 1. The fourth-order valence-corrected chi connectivity index (χ4v) is 2.21. The molecule has 2 rings (SSSR count). The van der Waals surface area contributed by atoms with Crippen molar-refractivity contribution in [2.45, 2.75) is 25.9 Å². The van der Waals surface area contributed by atoms with Crippen molar-refractivity contribution in [1.29, 1.82) is 0 Å². The van der Waals surface area contributed by atoms with Crippen LogP contribution in [0.25, 0.3) is 0 Å². The Hall–Kier alpha value is -1.61. The zero-order valence-corrected chi connectivity index (χ0v) is 11.2. The number of ether oxygens (including phenoxy) is 1. The van der Waals surface area contributed by atoms with Crippen molar-refractivity contribution in [2.24, 2.45) is 4.99 Å². The SMILES string of the molecule is C/C=C(\C)[C@H]1NC(COC)=N[C@H]1c1ccccc1. The molecular formula is C15H20N2O. The summed E-state index contributed by atoms with van der Waals surface area (Å²) in [5.74, 6) is 0.928. The van der Waals surface area contributed by atoms with E-state index >= 15 is 0 Å². The number of nitrogens with one attached hydrogen (secondary N) is 1. The van der Waals surface area contributed by atoms with Crippen molar-refractivity contribution in [3.63, 3.8) is 0 Å². The highest BCUT2D eigenvalue weighted by Crippen LogP contribution is 2.29. The minimum absolute atomic E-state index is 0.146. The van der Waals surface area contributed by atoms with Crippen LogP contribution in [0.2, 0.25) is 0 Å². The molecule has 0 aliphatic carbocycles. The predicted octanol–water partition coefficient (Wildman–Crippen LogP) is 2.71. The van der Waals surface area contributed by atoms with Crippen molar-refractivity contribution in [3.05, 3.63) is 47.5 Å². The lowest BCUT2D eigenvalue weighted by Crippen LogP contribution is -2.34. The van der Waals surface area contributed by atoms with Crippen LogP contribution in [0.5, 0.6) is 0 Å². The molecule has 3 nitrogen and oxygen atoms in total. The number of aliphatic imine (C=N–C) groups is 1. The van der Waals surface area contributed by atoms with Crippen LogP contribution >= 0.6 is 0 Å². The second kappa shape index (κ2) is 5.83. The Morgan fingerprint density at radius 1 is 1.39 bits per heavy atom. The van der Waals surface area contributed by atoms with Crippen LogP contribution in [0, 0.1) is 0 Å². The van der Waals surface area contributed by atoms with E-state index in [4.69, 9.17) is 9.73 Å². The first-order chi connectivity index (χ1) is 8.76. The Labute approximate surface area is 109 Å².